The van der Waals surface area contributed by atoms with Crippen LogP contribution in [0.4, 0.5) is 4.79 Å². The fraction of sp³-hybridized carbons (Fsp3) is 0.889. The van der Waals surface area contributed by atoms with Gasteiger partial charge in [-0.3, -0.25) is 0 Å². The first kappa shape index (κ1) is 7.90. The molecule has 1 N–H and O–H groups in total. The molecule has 1 saturated carbocycles. The molecule has 0 bridgehead atoms. The van der Waals surface area contributed by atoms with Crippen molar-refractivity contribution in [2.24, 2.45) is 5.92 Å². The minimum Gasteiger partial charge on any atom is -0.444 e. The van der Waals surface area contributed by atoms with Crippen molar-refractivity contribution < 1.29 is 9.53 Å². The van der Waals surface area contributed by atoms with E-state index in [0.717, 1.165) is 6.54 Å². The fourth-order valence-corrected chi connectivity index (χ4v) is 2.17. The molecule has 0 aromatic heterocycles. The van der Waals surface area contributed by atoms with Gasteiger partial charge in [0.2, 0.25) is 0 Å². The molecule has 0 spiro atoms. The fourth-order valence-electron chi connectivity index (χ4n) is 2.17. The predicted octanol–water partition coefficient (Wildman–Crippen LogP) is 1.68. The van der Waals surface area contributed by atoms with Crippen molar-refractivity contribution in [3.63, 3.8) is 0 Å². The highest BCUT2D eigenvalue weighted by molar-refractivity contribution is 5.69. The molecule has 0 aromatic carbocycles. The van der Waals surface area contributed by atoms with Crippen LogP contribution in [0.3, 0.4) is 0 Å². The maximum Gasteiger partial charge on any atom is 0.407 e. The molecule has 1 atom stereocenters. The van der Waals surface area contributed by atoms with Gasteiger partial charge in [-0.05, 0) is 18.8 Å². The molecular weight excluding hydrogens is 154 g/mol. The average molecular weight is 169 g/mol. The van der Waals surface area contributed by atoms with Crippen LogP contribution in [-0.4, -0.2) is 18.7 Å². The zero-order chi connectivity index (χ0) is 8.39. The molecule has 2 fully saturated rings. The van der Waals surface area contributed by atoms with Crippen LogP contribution in [-0.2, 0) is 4.74 Å². The van der Waals surface area contributed by atoms with E-state index >= 15 is 0 Å². The van der Waals surface area contributed by atoms with Crippen LogP contribution in [0, 0.1) is 5.92 Å². The van der Waals surface area contributed by atoms with Gasteiger partial charge < -0.3 is 10.1 Å². The SMILES string of the molecule is O=C1NC[C@@H](C2CCCCC2)O1. The standard InChI is InChI=1S/C9H15NO2/c11-9-10-6-8(12-9)7-4-2-1-3-5-7/h7-8H,1-6H2,(H,10,11)/t8-/m0/s1. The van der Waals surface area contributed by atoms with E-state index in [1.54, 1.807) is 0 Å². The van der Waals surface area contributed by atoms with E-state index in [2.05, 4.69) is 5.32 Å². The largest absolute Gasteiger partial charge is 0.444 e. The van der Waals surface area contributed by atoms with Crippen molar-refractivity contribution in [3.05, 3.63) is 0 Å². The zero-order valence-corrected chi connectivity index (χ0v) is 7.21. The molecule has 0 unspecified atom stereocenters. The van der Waals surface area contributed by atoms with E-state index in [1.807, 2.05) is 0 Å². The molecule has 1 heterocycles. The third-order valence-corrected chi connectivity index (χ3v) is 2.88. The Bertz CT molecular complexity index is 175. The van der Waals surface area contributed by atoms with E-state index in [-0.39, 0.29) is 12.2 Å². The number of carbonyl (C=O) groups is 1. The van der Waals surface area contributed by atoms with Crippen molar-refractivity contribution in [2.75, 3.05) is 6.54 Å². The smallest absolute Gasteiger partial charge is 0.407 e. The number of alkyl carbamates (subject to hydrolysis) is 1. The highest BCUT2D eigenvalue weighted by atomic mass is 16.6. The Morgan fingerprint density at radius 2 is 2.00 bits per heavy atom. The third kappa shape index (κ3) is 1.54. The average Bonchev–Trinajstić information content (AvgIpc) is 2.54. The summed E-state index contributed by atoms with van der Waals surface area (Å²) in [5.74, 6) is 0.623. The summed E-state index contributed by atoms with van der Waals surface area (Å²) >= 11 is 0. The minimum absolute atomic E-state index is 0.165. The molecule has 3 nitrogen and oxygen atoms in total. The summed E-state index contributed by atoms with van der Waals surface area (Å²) in [5.41, 5.74) is 0. The summed E-state index contributed by atoms with van der Waals surface area (Å²) in [6.07, 6.45) is 6.37. The second kappa shape index (κ2) is 3.33. The summed E-state index contributed by atoms with van der Waals surface area (Å²) in [6.45, 7) is 0.726. The van der Waals surface area contributed by atoms with Crippen molar-refractivity contribution in [1.29, 1.82) is 0 Å². The predicted molar refractivity (Wildman–Crippen MR) is 44.8 cm³/mol. The highest BCUT2D eigenvalue weighted by Gasteiger charge is 2.31. The summed E-state index contributed by atoms with van der Waals surface area (Å²) < 4.78 is 5.15. The summed E-state index contributed by atoms with van der Waals surface area (Å²) in [7, 11) is 0. The molecular formula is C9H15NO2. The lowest BCUT2D eigenvalue weighted by Gasteiger charge is -2.25. The Labute approximate surface area is 72.5 Å². The van der Waals surface area contributed by atoms with Gasteiger partial charge in [0.25, 0.3) is 0 Å². The van der Waals surface area contributed by atoms with Crippen LogP contribution in [0.5, 0.6) is 0 Å². The molecule has 2 aliphatic rings. The monoisotopic (exact) mass is 169 g/mol. The maximum atomic E-state index is 10.8. The number of amides is 1. The summed E-state index contributed by atoms with van der Waals surface area (Å²) in [5, 5.41) is 2.71. The topological polar surface area (TPSA) is 38.3 Å². The van der Waals surface area contributed by atoms with Crippen LogP contribution >= 0.6 is 0 Å². The third-order valence-electron chi connectivity index (χ3n) is 2.88. The van der Waals surface area contributed by atoms with Crippen LogP contribution < -0.4 is 5.32 Å². The van der Waals surface area contributed by atoms with Gasteiger partial charge in [-0.15, -0.1) is 0 Å². The van der Waals surface area contributed by atoms with Crippen molar-refractivity contribution in [1.82, 2.24) is 5.32 Å². The number of cyclic esters (lactones) is 1. The number of hydrogen-bond donors (Lipinski definition) is 1. The van der Waals surface area contributed by atoms with E-state index in [9.17, 15) is 4.79 Å². The molecule has 12 heavy (non-hydrogen) atoms. The van der Waals surface area contributed by atoms with Gasteiger partial charge in [0.15, 0.2) is 0 Å². The number of hydrogen-bond acceptors (Lipinski definition) is 2. The number of nitrogens with one attached hydrogen (secondary N) is 1. The number of carbonyl (C=O) groups excluding carboxylic acids is 1. The van der Waals surface area contributed by atoms with Gasteiger partial charge in [0, 0.05) is 0 Å². The number of rotatable bonds is 1. The molecule has 0 radical (unpaired) electrons. The lowest BCUT2D eigenvalue weighted by molar-refractivity contribution is 0.0888. The maximum absolute atomic E-state index is 10.8. The van der Waals surface area contributed by atoms with Crippen LogP contribution in [0.1, 0.15) is 32.1 Å². The van der Waals surface area contributed by atoms with Crippen molar-refractivity contribution in [2.45, 2.75) is 38.2 Å². The van der Waals surface area contributed by atoms with Crippen molar-refractivity contribution >= 4 is 6.09 Å². The van der Waals surface area contributed by atoms with Gasteiger partial charge in [0.05, 0.1) is 6.54 Å². The van der Waals surface area contributed by atoms with Crippen LogP contribution in [0.15, 0.2) is 0 Å². The van der Waals surface area contributed by atoms with Gasteiger partial charge in [0.1, 0.15) is 6.10 Å². The molecule has 68 valence electrons. The quantitative estimate of drug-likeness (QED) is 0.648. The lowest BCUT2D eigenvalue weighted by atomic mass is 9.85. The van der Waals surface area contributed by atoms with Crippen LogP contribution in [0.25, 0.3) is 0 Å². The van der Waals surface area contributed by atoms with Crippen LogP contribution in [0.2, 0.25) is 0 Å². The first-order valence-corrected chi connectivity index (χ1v) is 4.81. The first-order chi connectivity index (χ1) is 5.86. The van der Waals surface area contributed by atoms with Gasteiger partial charge >= 0.3 is 6.09 Å². The zero-order valence-electron chi connectivity index (χ0n) is 7.21. The Morgan fingerprint density at radius 1 is 1.25 bits per heavy atom. The Kier molecular flexibility index (Phi) is 2.19. The van der Waals surface area contributed by atoms with E-state index in [0.29, 0.717) is 5.92 Å². The molecule has 1 saturated heterocycles. The van der Waals surface area contributed by atoms with Gasteiger partial charge in [-0.2, -0.15) is 0 Å². The Balaban J connectivity index is 1.86. The van der Waals surface area contributed by atoms with Gasteiger partial charge in [-0.25, -0.2) is 4.79 Å². The highest BCUT2D eigenvalue weighted by Crippen LogP contribution is 2.28. The first-order valence-electron chi connectivity index (χ1n) is 4.81. The molecule has 1 aliphatic heterocycles. The second-order valence-corrected chi connectivity index (χ2v) is 3.72. The molecule has 1 amide bonds. The second-order valence-electron chi connectivity index (χ2n) is 3.72. The van der Waals surface area contributed by atoms with E-state index < -0.39 is 0 Å². The molecule has 1 aliphatic carbocycles. The summed E-state index contributed by atoms with van der Waals surface area (Å²) in [6, 6.07) is 0. The molecule has 0 aromatic rings. The normalized spacial score (nSPS) is 31.3. The number of ether oxygens (including phenoxy) is 1. The molecule has 3 heteroatoms. The Morgan fingerprint density at radius 3 is 2.58 bits per heavy atom. The minimum atomic E-state index is -0.231. The summed E-state index contributed by atoms with van der Waals surface area (Å²) in [4.78, 5) is 10.8. The Hall–Kier alpha value is -0.730. The molecule has 2 rings (SSSR count). The van der Waals surface area contributed by atoms with Crippen molar-refractivity contribution in [3.8, 4) is 0 Å². The van der Waals surface area contributed by atoms with Gasteiger partial charge in [-0.1, -0.05) is 19.3 Å². The lowest BCUT2D eigenvalue weighted by Crippen LogP contribution is -2.26. The van der Waals surface area contributed by atoms with E-state index in [1.165, 1.54) is 32.1 Å². The van der Waals surface area contributed by atoms with E-state index in [4.69, 9.17) is 4.74 Å².